The summed E-state index contributed by atoms with van der Waals surface area (Å²) in [7, 11) is 0. The van der Waals surface area contributed by atoms with E-state index in [4.69, 9.17) is 10.5 Å². The minimum atomic E-state index is -0.00257. The number of morpholine rings is 1. The molecule has 0 saturated carbocycles. The lowest BCUT2D eigenvalue weighted by molar-refractivity contribution is 0.0728. The van der Waals surface area contributed by atoms with Gasteiger partial charge in [-0.3, -0.25) is 0 Å². The second-order valence-corrected chi connectivity index (χ2v) is 4.72. The number of halogens is 1. The molecule has 0 radical (unpaired) electrons. The fourth-order valence-corrected chi connectivity index (χ4v) is 2.29. The highest BCUT2D eigenvalue weighted by Gasteiger charge is 2.23. The lowest BCUT2D eigenvalue weighted by Gasteiger charge is -2.37. The zero-order chi connectivity index (χ0) is 11.5. The van der Waals surface area contributed by atoms with Crippen molar-refractivity contribution in [2.45, 2.75) is 6.04 Å². The quantitative estimate of drug-likeness (QED) is 0.803. The number of hydrogen-bond acceptors (Lipinski definition) is 4. The van der Waals surface area contributed by atoms with Gasteiger partial charge in [0, 0.05) is 11.0 Å². The number of ether oxygens (including phenoxy) is 1. The molecule has 0 bridgehead atoms. The van der Waals surface area contributed by atoms with E-state index in [0.717, 1.165) is 22.4 Å². The number of hydrogen-bond donors (Lipinski definition) is 2. The molecular formula is C11H15BrN2O2. The van der Waals surface area contributed by atoms with Crippen molar-refractivity contribution in [3.05, 3.63) is 22.7 Å². The molecule has 88 valence electrons. The van der Waals surface area contributed by atoms with Crippen LogP contribution in [0.4, 0.5) is 11.4 Å². The molecule has 0 spiro atoms. The first-order valence-corrected chi connectivity index (χ1v) is 6.02. The van der Waals surface area contributed by atoms with Gasteiger partial charge in [-0.2, -0.15) is 0 Å². The van der Waals surface area contributed by atoms with E-state index in [0.29, 0.717) is 13.2 Å². The van der Waals surface area contributed by atoms with Gasteiger partial charge in [-0.15, -0.1) is 0 Å². The van der Waals surface area contributed by atoms with Crippen LogP contribution in [0.25, 0.3) is 0 Å². The normalized spacial score (nSPS) is 21.1. The van der Waals surface area contributed by atoms with E-state index in [-0.39, 0.29) is 12.6 Å². The van der Waals surface area contributed by atoms with Crippen molar-refractivity contribution in [1.82, 2.24) is 0 Å². The number of nitrogens with two attached hydrogens (primary N) is 1. The van der Waals surface area contributed by atoms with Crippen molar-refractivity contribution in [2.24, 2.45) is 0 Å². The molecule has 4 nitrogen and oxygen atoms in total. The van der Waals surface area contributed by atoms with Gasteiger partial charge in [-0.05, 0) is 18.2 Å². The van der Waals surface area contributed by atoms with Gasteiger partial charge in [0.2, 0.25) is 0 Å². The van der Waals surface area contributed by atoms with Gasteiger partial charge in [0.05, 0.1) is 37.2 Å². The van der Waals surface area contributed by atoms with Crippen LogP contribution in [0.1, 0.15) is 0 Å². The minimum absolute atomic E-state index is 0.00257. The van der Waals surface area contributed by atoms with Gasteiger partial charge in [0.25, 0.3) is 0 Å². The van der Waals surface area contributed by atoms with Crippen LogP contribution in [0.15, 0.2) is 22.7 Å². The molecule has 0 amide bonds. The number of nitrogens with zero attached hydrogens (tertiary/aromatic N) is 1. The van der Waals surface area contributed by atoms with Gasteiger partial charge in [-0.1, -0.05) is 15.9 Å². The summed E-state index contributed by atoms with van der Waals surface area (Å²) >= 11 is 3.38. The molecule has 1 aromatic carbocycles. The molecule has 1 atom stereocenters. The molecule has 16 heavy (non-hydrogen) atoms. The highest BCUT2D eigenvalue weighted by atomic mass is 79.9. The Morgan fingerprint density at radius 1 is 1.56 bits per heavy atom. The molecule has 0 aliphatic carbocycles. The molecule has 0 aromatic heterocycles. The third-order valence-electron chi connectivity index (χ3n) is 2.74. The molecule has 1 fully saturated rings. The van der Waals surface area contributed by atoms with Crippen LogP contribution in [-0.4, -0.2) is 37.5 Å². The Hall–Kier alpha value is -0.780. The summed E-state index contributed by atoms with van der Waals surface area (Å²) in [5, 5.41) is 9.30. The maximum absolute atomic E-state index is 9.30. The van der Waals surface area contributed by atoms with Crippen LogP contribution in [-0.2, 0) is 4.74 Å². The van der Waals surface area contributed by atoms with Crippen molar-refractivity contribution in [3.63, 3.8) is 0 Å². The topological polar surface area (TPSA) is 58.7 Å². The third kappa shape index (κ3) is 2.31. The van der Waals surface area contributed by atoms with E-state index in [2.05, 4.69) is 20.8 Å². The molecule has 3 N–H and O–H groups in total. The number of aliphatic hydroxyl groups is 1. The van der Waals surface area contributed by atoms with Crippen molar-refractivity contribution in [2.75, 3.05) is 37.0 Å². The monoisotopic (exact) mass is 286 g/mol. The fourth-order valence-electron chi connectivity index (χ4n) is 1.91. The Morgan fingerprint density at radius 2 is 2.38 bits per heavy atom. The van der Waals surface area contributed by atoms with E-state index in [9.17, 15) is 5.11 Å². The third-order valence-corrected chi connectivity index (χ3v) is 3.23. The van der Waals surface area contributed by atoms with Gasteiger partial charge < -0.3 is 20.5 Å². The van der Waals surface area contributed by atoms with E-state index in [1.54, 1.807) is 0 Å². The highest BCUT2D eigenvalue weighted by Crippen LogP contribution is 2.29. The summed E-state index contributed by atoms with van der Waals surface area (Å²) < 4.78 is 6.30. The van der Waals surface area contributed by atoms with Crippen LogP contribution < -0.4 is 10.6 Å². The second kappa shape index (κ2) is 5.03. The van der Waals surface area contributed by atoms with Crippen LogP contribution in [0.5, 0.6) is 0 Å². The first-order valence-electron chi connectivity index (χ1n) is 5.22. The summed E-state index contributed by atoms with van der Waals surface area (Å²) in [6, 6.07) is 5.79. The number of aliphatic hydroxyl groups excluding tert-OH is 1. The number of benzene rings is 1. The zero-order valence-corrected chi connectivity index (χ0v) is 10.5. The lowest BCUT2D eigenvalue weighted by Crippen LogP contribution is -2.47. The molecule has 2 rings (SSSR count). The van der Waals surface area contributed by atoms with E-state index in [1.807, 2.05) is 18.2 Å². The molecule has 1 aromatic rings. The molecular weight excluding hydrogens is 272 g/mol. The summed E-state index contributed by atoms with van der Waals surface area (Å²) in [6.45, 7) is 2.06. The van der Waals surface area contributed by atoms with Crippen molar-refractivity contribution >= 4 is 27.3 Å². The fraction of sp³-hybridized carbons (Fsp3) is 0.455. The maximum atomic E-state index is 9.30. The maximum Gasteiger partial charge on any atom is 0.0756 e. The zero-order valence-electron chi connectivity index (χ0n) is 8.90. The average molecular weight is 287 g/mol. The molecule has 1 saturated heterocycles. The summed E-state index contributed by atoms with van der Waals surface area (Å²) in [5.74, 6) is 0. The standard InChI is InChI=1S/C11H15BrN2O2/c12-8-1-2-11(10(13)5-8)14-3-4-16-7-9(14)6-15/h1-2,5,9,15H,3-4,6-7,13H2. The lowest BCUT2D eigenvalue weighted by atomic mass is 10.1. The molecule has 1 aliphatic rings. The minimum Gasteiger partial charge on any atom is -0.397 e. The number of rotatable bonds is 2. The Kier molecular flexibility index (Phi) is 3.68. The number of anilines is 2. The average Bonchev–Trinajstić information content (AvgIpc) is 2.29. The van der Waals surface area contributed by atoms with E-state index in [1.165, 1.54) is 0 Å². The van der Waals surface area contributed by atoms with Crippen molar-refractivity contribution < 1.29 is 9.84 Å². The molecule has 1 heterocycles. The van der Waals surface area contributed by atoms with Crippen LogP contribution >= 0.6 is 15.9 Å². The molecule has 5 heteroatoms. The predicted molar refractivity (Wildman–Crippen MR) is 67.6 cm³/mol. The Morgan fingerprint density at radius 3 is 3.06 bits per heavy atom. The van der Waals surface area contributed by atoms with Crippen LogP contribution in [0.2, 0.25) is 0 Å². The number of nitrogen functional groups attached to an aromatic ring is 1. The first-order chi connectivity index (χ1) is 7.72. The van der Waals surface area contributed by atoms with Crippen molar-refractivity contribution in [1.29, 1.82) is 0 Å². The highest BCUT2D eigenvalue weighted by molar-refractivity contribution is 9.10. The largest absolute Gasteiger partial charge is 0.397 e. The SMILES string of the molecule is Nc1cc(Br)ccc1N1CCOCC1CO. The van der Waals surface area contributed by atoms with Gasteiger partial charge >= 0.3 is 0 Å². The summed E-state index contributed by atoms with van der Waals surface area (Å²) in [5.41, 5.74) is 7.66. The Bertz CT molecular complexity index is 373. The van der Waals surface area contributed by atoms with E-state index >= 15 is 0 Å². The van der Waals surface area contributed by atoms with Crippen LogP contribution in [0, 0.1) is 0 Å². The predicted octanol–water partition coefficient (Wildman–Crippen LogP) is 1.23. The van der Waals surface area contributed by atoms with Crippen LogP contribution in [0.3, 0.4) is 0 Å². The smallest absolute Gasteiger partial charge is 0.0756 e. The molecule has 1 unspecified atom stereocenters. The van der Waals surface area contributed by atoms with Gasteiger partial charge in [0.15, 0.2) is 0 Å². The van der Waals surface area contributed by atoms with E-state index < -0.39 is 0 Å². The van der Waals surface area contributed by atoms with Gasteiger partial charge in [0.1, 0.15) is 0 Å². The molecule has 1 aliphatic heterocycles. The summed E-state index contributed by atoms with van der Waals surface area (Å²) in [6.07, 6.45) is 0. The first kappa shape index (κ1) is 11.7. The Labute approximate surface area is 103 Å². The second-order valence-electron chi connectivity index (χ2n) is 3.81. The van der Waals surface area contributed by atoms with Crippen molar-refractivity contribution in [3.8, 4) is 0 Å². The Balaban J connectivity index is 2.27. The summed E-state index contributed by atoms with van der Waals surface area (Å²) in [4.78, 5) is 2.10. The van der Waals surface area contributed by atoms with Gasteiger partial charge in [-0.25, -0.2) is 0 Å².